The average Bonchev–Trinajstić information content (AvgIpc) is 3.50. The van der Waals surface area contributed by atoms with Crippen molar-refractivity contribution in [2.24, 2.45) is 5.73 Å². The summed E-state index contributed by atoms with van der Waals surface area (Å²) in [6, 6.07) is 10.7. The molecule has 4 fully saturated rings. The number of nitrogens with two attached hydrogens (primary N) is 1. The number of carbonyl (C=O) groups is 5. The third-order valence-electron chi connectivity index (χ3n) is 13.1. The molecule has 1 atom stereocenters. The maximum Gasteiger partial charge on any atom is 0.293 e. The molecule has 19 heteroatoms. The van der Waals surface area contributed by atoms with Gasteiger partial charge >= 0.3 is 0 Å². The molecule has 6 heterocycles. The molecule has 0 spiro atoms. The number of halogens is 2. The van der Waals surface area contributed by atoms with Gasteiger partial charge in [0.25, 0.3) is 23.3 Å². The van der Waals surface area contributed by atoms with Gasteiger partial charge in [-0.25, -0.2) is 9.37 Å². The van der Waals surface area contributed by atoms with E-state index in [1.807, 2.05) is 32.0 Å². The van der Waals surface area contributed by atoms with E-state index in [0.717, 1.165) is 30.6 Å². The molecule has 2 aromatic heterocycles. The molecule has 4 N–H and O–H groups in total. The van der Waals surface area contributed by atoms with E-state index in [0.29, 0.717) is 71.2 Å². The number of primary amides is 1. The van der Waals surface area contributed by atoms with Crippen LogP contribution in [-0.2, 0) is 24.8 Å². The number of alkyl halides is 1. The Bertz CT molecular complexity index is 2620. The number of amides is 5. The van der Waals surface area contributed by atoms with Crippen molar-refractivity contribution in [1.82, 2.24) is 29.7 Å². The lowest BCUT2D eigenvalue weighted by Gasteiger charge is -2.48. The monoisotopic (exact) mass is 897 g/mol. The van der Waals surface area contributed by atoms with Crippen molar-refractivity contribution < 1.29 is 37.8 Å². The van der Waals surface area contributed by atoms with Gasteiger partial charge in [-0.1, -0.05) is 17.7 Å². The van der Waals surface area contributed by atoms with Crippen LogP contribution in [0.1, 0.15) is 97.5 Å². The maximum atomic E-state index is 16.5. The number of anilines is 3. The smallest absolute Gasteiger partial charge is 0.293 e. The minimum absolute atomic E-state index is 0.0237. The van der Waals surface area contributed by atoms with Gasteiger partial charge in [0.05, 0.1) is 35.0 Å². The van der Waals surface area contributed by atoms with Crippen molar-refractivity contribution in [3.05, 3.63) is 80.7 Å². The lowest BCUT2D eigenvalue weighted by Crippen LogP contribution is -2.54. The van der Waals surface area contributed by atoms with Crippen molar-refractivity contribution in [2.45, 2.75) is 101 Å². The molecule has 3 saturated heterocycles. The molecule has 64 heavy (non-hydrogen) atoms. The number of rotatable bonds is 12. The van der Waals surface area contributed by atoms with Gasteiger partial charge in [0.2, 0.25) is 17.8 Å². The predicted octanol–water partition coefficient (Wildman–Crippen LogP) is 4.51. The molecule has 336 valence electrons. The number of piperidine rings is 3. The Kier molecular flexibility index (Phi) is 11.6. The van der Waals surface area contributed by atoms with Gasteiger partial charge in [0.15, 0.2) is 18.2 Å². The Hall–Kier alpha value is -5.98. The van der Waals surface area contributed by atoms with Crippen molar-refractivity contribution in [2.75, 3.05) is 43.0 Å². The van der Waals surface area contributed by atoms with Gasteiger partial charge in [-0.3, -0.25) is 43.9 Å². The zero-order valence-electron chi connectivity index (χ0n) is 35.5. The van der Waals surface area contributed by atoms with Gasteiger partial charge in [0, 0.05) is 55.8 Å². The number of hydrogen-bond donors (Lipinski definition) is 3. The second-order valence-corrected chi connectivity index (χ2v) is 18.0. The standard InChI is InChI=1S/C45H49ClFN9O8/c1-24(2)55-34-6-4-27(17-25(34)18-36(43(55)62)63-23-37(48)57)50-39-33(46)22-49-44(52-39)54-13-9-29(10-14-54)64-30-20-28(21-30)53-15-11-45(47,12-16-53)26-3-5-31-32(19-26)42(61)56(41(31)60)35-7-8-38(58)51-40(35)59/h3-6,17-19,22,24,28-30,35H,7-16,20-21,23H2,1-2H3,(H2,48,57)(H,49,50,52)(H,51,58,59)/t28-,30-,35?. The number of fused-ring (bicyclic) bond motifs is 2. The quantitative estimate of drug-likeness (QED) is 0.167. The van der Waals surface area contributed by atoms with Gasteiger partial charge in [-0.15, -0.1) is 0 Å². The molecule has 0 bridgehead atoms. The van der Waals surface area contributed by atoms with Crippen LogP contribution in [0.5, 0.6) is 5.75 Å². The van der Waals surface area contributed by atoms with E-state index >= 15 is 4.39 Å². The zero-order chi connectivity index (χ0) is 45.0. The van der Waals surface area contributed by atoms with Crippen LogP contribution in [0.2, 0.25) is 5.02 Å². The molecule has 0 radical (unpaired) electrons. The number of pyridine rings is 1. The van der Waals surface area contributed by atoms with Gasteiger partial charge in [0.1, 0.15) is 16.7 Å². The fourth-order valence-corrected chi connectivity index (χ4v) is 9.73. The first-order valence-corrected chi connectivity index (χ1v) is 22.1. The molecule has 1 aliphatic carbocycles. The van der Waals surface area contributed by atoms with E-state index in [1.54, 1.807) is 22.9 Å². The Labute approximate surface area is 372 Å². The highest BCUT2D eigenvalue weighted by Gasteiger charge is 2.47. The molecule has 1 saturated carbocycles. The summed E-state index contributed by atoms with van der Waals surface area (Å²) in [4.78, 5) is 89.7. The molecular weight excluding hydrogens is 849 g/mol. The molecular formula is C45H49ClFN9O8. The van der Waals surface area contributed by atoms with Crippen LogP contribution in [0, 0.1) is 0 Å². The maximum absolute atomic E-state index is 16.5. The first-order valence-electron chi connectivity index (χ1n) is 21.7. The molecule has 2 aromatic carbocycles. The van der Waals surface area contributed by atoms with E-state index < -0.39 is 47.9 Å². The molecule has 9 rings (SSSR count). The van der Waals surface area contributed by atoms with Gasteiger partial charge < -0.3 is 30.0 Å². The first kappa shape index (κ1) is 43.3. The number of ether oxygens (including phenoxy) is 2. The average molecular weight is 898 g/mol. The van der Waals surface area contributed by atoms with E-state index in [9.17, 15) is 28.8 Å². The van der Waals surface area contributed by atoms with Crippen LogP contribution in [-0.4, -0.2) is 111 Å². The largest absolute Gasteiger partial charge is 0.478 e. The van der Waals surface area contributed by atoms with Gasteiger partial charge in [-0.2, -0.15) is 4.98 Å². The van der Waals surface area contributed by atoms with Crippen LogP contribution in [0.25, 0.3) is 10.9 Å². The highest BCUT2D eigenvalue weighted by atomic mass is 35.5. The Morgan fingerprint density at radius 1 is 0.969 bits per heavy atom. The first-order chi connectivity index (χ1) is 30.6. The predicted molar refractivity (Wildman–Crippen MR) is 233 cm³/mol. The van der Waals surface area contributed by atoms with Crippen LogP contribution in [0.15, 0.2) is 53.5 Å². The highest BCUT2D eigenvalue weighted by molar-refractivity contribution is 6.33. The van der Waals surface area contributed by atoms with Crippen LogP contribution >= 0.6 is 11.6 Å². The second-order valence-electron chi connectivity index (χ2n) is 17.6. The summed E-state index contributed by atoms with van der Waals surface area (Å²) in [6.07, 6.45) is 5.68. The number of nitrogens with one attached hydrogen (secondary N) is 2. The summed E-state index contributed by atoms with van der Waals surface area (Å²) in [5.74, 6) is -2.08. The van der Waals surface area contributed by atoms with Crippen LogP contribution in [0.4, 0.5) is 21.8 Å². The Balaban J connectivity index is 0.754. The lowest BCUT2D eigenvalue weighted by molar-refractivity contribution is -0.136. The summed E-state index contributed by atoms with van der Waals surface area (Å²) >= 11 is 6.56. The lowest BCUT2D eigenvalue weighted by atomic mass is 9.81. The van der Waals surface area contributed by atoms with Crippen LogP contribution < -0.4 is 31.6 Å². The minimum atomic E-state index is -1.67. The SMILES string of the molecule is CC(C)n1c(=O)c(OCC(N)=O)cc2cc(Nc3nc(N4CCC(O[C@H]5C[C@H](N6CCC(F)(c7ccc8c(c7)C(=O)N(C7CCC(=O)NC7=O)C8=O)CC6)C5)CC4)ncc3Cl)ccc21. The second kappa shape index (κ2) is 17.2. The molecule has 5 aliphatic rings. The third-order valence-corrected chi connectivity index (χ3v) is 13.4. The number of likely N-dealkylation sites (tertiary alicyclic amines) is 1. The normalized spacial score (nSPS) is 22.7. The van der Waals surface area contributed by atoms with E-state index in [-0.39, 0.29) is 66.4 Å². The number of hydrogen-bond acceptors (Lipinski definition) is 13. The van der Waals surface area contributed by atoms with Crippen molar-refractivity contribution in [3.63, 3.8) is 0 Å². The number of carbonyl (C=O) groups excluding carboxylic acids is 5. The number of nitrogens with zero attached hydrogens (tertiary/aromatic N) is 6. The molecule has 4 aliphatic heterocycles. The summed E-state index contributed by atoms with van der Waals surface area (Å²) < 4.78 is 30.1. The number of imide groups is 2. The highest BCUT2D eigenvalue weighted by Crippen LogP contribution is 2.42. The summed E-state index contributed by atoms with van der Waals surface area (Å²) in [7, 11) is 0. The Morgan fingerprint density at radius 2 is 1.70 bits per heavy atom. The van der Waals surface area contributed by atoms with E-state index in [2.05, 4.69) is 25.4 Å². The molecule has 17 nitrogen and oxygen atoms in total. The molecule has 4 aromatic rings. The number of benzene rings is 2. The van der Waals surface area contributed by atoms with E-state index in [1.165, 1.54) is 12.1 Å². The van der Waals surface area contributed by atoms with Crippen LogP contribution in [0.3, 0.4) is 0 Å². The van der Waals surface area contributed by atoms with Crippen molar-refractivity contribution in [1.29, 1.82) is 0 Å². The fourth-order valence-electron chi connectivity index (χ4n) is 9.59. The summed E-state index contributed by atoms with van der Waals surface area (Å²) in [6.45, 7) is 5.85. The topological polar surface area (TPSA) is 211 Å². The fraction of sp³-hybridized carbons (Fsp3) is 0.467. The summed E-state index contributed by atoms with van der Waals surface area (Å²) in [5.41, 5.74) is 5.18. The van der Waals surface area contributed by atoms with Gasteiger partial charge in [-0.05, 0) is 101 Å². The van der Waals surface area contributed by atoms with E-state index in [4.69, 9.17) is 31.8 Å². The third kappa shape index (κ3) is 8.29. The molecule has 1 unspecified atom stereocenters. The van der Waals surface area contributed by atoms with Crippen molar-refractivity contribution >= 4 is 69.5 Å². The zero-order valence-corrected chi connectivity index (χ0v) is 36.2. The molecule has 5 amide bonds. The van der Waals surface area contributed by atoms with Crippen molar-refractivity contribution in [3.8, 4) is 5.75 Å². The number of aromatic nitrogens is 3. The summed E-state index contributed by atoms with van der Waals surface area (Å²) in [5, 5.41) is 6.53. The Morgan fingerprint density at radius 3 is 2.41 bits per heavy atom. The minimum Gasteiger partial charge on any atom is -0.478 e.